The third kappa shape index (κ3) is 2.80. The number of anilines is 1. The molecule has 0 fully saturated rings. The molecule has 1 unspecified atom stereocenters. The van der Waals surface area contributed by atoms with Crippen molar-refractivity contribution in [3.63, 3.8) is 0 Å². The van der Waals surface area contributed by atoms with Gasteiger partial charge in [0.25, 0.3) is 0 Å². The van der Waals surface area contributed by atoms with Gasteiger partial charge in [-0.1, -0.05) is 18.2 Å². The first-order chi connectivity index (χ1) is 9.46. The van der Waals surface area contributed by atoms with Crippen molar-refractivity contribution in [1.29, 1.82) is 0 Å². The van der Waals surface area contributed by atoms with E-state index < -0.39 is 23.8 Å². The first-order valence-electron chi connectivity index (χ1n) is 6.36. The minimum Gasteiger partial charge on any atom is -0.394 e. The van der Waals surface area contributed by atoms with Gasteiger partial charge in [0.15, 0.2) is 0 Å². The number of halogens is 2. The molecule has 0 saturated heterocycles. The van der Waals surface area contributed by atoms with Crippen molar-refractivity contribution in [2.75, 3.05) is 11.9 Å². The lowest BCUT2D eigenvalue weighted by molar-refractivity contribution is 0.216. The zero-order valence-corrected chi connectivity index (χ0v) is 11.5. The van der Waals surface area contributed by atoms with Gasteiger partial charge in [0.05, 0.1) is 17.7 Å². The van der Waals surface area contributed by atoms with E-state index in [0.717, 1.165) is 5.56 Å². The number of aliphatic hydroxyl groups excluding tert-OH is 1. The molecule has 0 aliphatic heterocycles. The lowest BCUT2D eigenvalue weighted by atomic mass is 9.91. The van der Waals surface area contributed by atoms with Crippen LogP contribution in [0.5, 0.6) is 0 Å². The van der Waals surface area contributed by atoms with Crippen LogP contribution in [0.3, 0.4) is 0 Å². The van der Waals surface area contributed by atoms with Gasteiger partial charge < -0.3 is 10.4 Å². The summed E-state index contributed by atoms with van der Waals surface area (Å²) in [6.45, 7) is 3.06. The van der Waals surface area contributed by atoms with E-state index >= 15 is 0 Å². The van der Waals surface area contributed by atoms with E-state index in [2.05, 4.69) is 5.32 Å². The van der Waals surface area contributed by atoms with Gasteiger partial charge in [-0.05, 0) is 43.7 Å². The smallest absolute Gasteiger partial charge is 0.131 e. The Morgan fingerprint density at radius 1 is 1.10 bits per heavy atom. The van der Waals surface area contributed by atoms with Gasteiger partial charge in [-0.15, -0.1) is 0 Å². The molecule has 0 spiro atoms. The number of aliphatic hydroxyl groups is 1. The van der Waals surface area contributed by atoms with Crippen molar-refractivity contribution in [3.05, 3.63) is 65.2 Å². The Labute approximate surface area is 117 Å². The maximum atomic E-state index is 13.9. The maximum absolute atomic E-state index is 13.9. The zero-order valence-electron chi connectivity index (χ0n) is 11.5. The van der Waals surface area contributed by atoms with E-state index in [9.17, 15) is 13.9 Å². The monoisotopic (exact) mass is 277 g/mol. The fourth-order valence-electron chi connectivity index (χ4n) is 2.25. The predicted octanol–water partition coefficient (Wildman–Crippen LogP) is 3.59. The number of benzene rings is 2. The van der Waals surface area contributed by atoms with Crippen molar-refractivity contribution in [1.82, 2.24) is 0 Å². The summed E-state index contributed by atoms with van der Waals surface area (Å²) in [6, 6.07) is 11.1. The molecule has 2 N–H and O–H groups in total. The van der Waals surface area contributed by atoms with E-state index in [0.29, 0.717) is 5.69 Å². The summed E-state index contributed by atoms with van der Waals surface area (Å²) >= 11 is 0. The molecule has 106 valence electrons. The van der Waals surface area contributed by atoms with Crippen LogP contribution in [-0.2, 0) is 5.54 Å². The second-order valence-electron chi connectivity index (χ2n) is 5.08. The molecule has 0 aromatic heterocycles. The molecule has 2 aromatic carbocycles. The summed E-state index contributed by atoms with van der Waals surface area (Å²) < 4.78 is 27.8. The average Bonchev–Trinajstić information content (AvgIpc) is 2.38. The molecular formula is C16H17F2NO. The van der Waals surface area contributed by atoms with Gasteiger partial charge in [-0.25, -0.2) is 8.78 Å². The van der Waals surface area contributed by atoms with Gasteiger partial charge in [0, 0.05) is 5.69 Å². The second kappa shape index (κ2) is 5.59. The predicted molar refractivity (Wildman–Crippen MR) is 75.6 cm³/mol. The first-order valence-corrected chi connectivity index (χ1v) is 6.36. The molecule has 0 amide bonds. The van der Waals surface area contributed by atoms with Crippen molar-refractivity contribution >= 4 is 5.69 Å². The number of nitrogens with one attached hydrogen (secondary N) is 1. The van der Waals surface area contributed by atoms with Gasteiger partial charge in [-0.3, -0.25) is 0 Å². The zero-order chi connectivity index (χ0) is 14.8. The molecule has 0 aliphatic carbocycles. The van der Waals surface area contributed by atoms with Crippen LogP contribution in [0.1, 0.15) is 18.1 Å². The fraction of sp³-hybridized carbons (Fsp3) is 0.250. The van der Waals surface area contributed by atoms with Gasteiger partial charge >= 0.3 is 0 Å². The summed E-state index contributed by atoms with van der Waals surface area (Å²) in [5, 5.41) is 12.6. The standard InChI is InChI=1S/C16H17F2NO/c1-11-5-3-6-12(9-11)19-16(2,10-20)15-13(17)7-4-8-14(15)18/h3-9,19-20H,10H2,1-2H3. The third-order valence-corrected chi connectivity index (χ3v) is 3.27. The third-order valence-electron chi connectivity index (χ3n) is 3.27. The topological polar surface area (TPSA) is 32.3 Å². The van der Waals surface area contributed by atoms with E-state index in [4.69, 9.17) is 0 Å². The minimum absolute atomic E-state index is 0.163. The van der Waals surface area contributed by atoms with E-state index in [1.54, 1.807) is 13.0 Å². The highest BCUT2D eigenvalue weighted by atomic mass is 19.1. The molecule has 2 rings (SSSR count). The van der Waals surface area contributed by atoms with E-state index in [1.165, 1.54) is 18.2 Å². The van der Waals surface area contributed by atoms with Crippen LogP contribution in [0.15, 0.2) is 42.5 Å². The van der Waals surface area contributed by atoms with Crippen LogP contribution in [0, 0.1) is 18.6 Å². The Morgan fingerprint density at radius 3 is 2.25 bits per heavy atom. The maximum Gasteiger partial charge on any atom is 0.131 e. The van der Waals surface area contributed by atoms with Gasteiger partial charge in [0.2, 0.25) is 0 Å². The number of hydrogen-bond donors (Lipinski definition) is 2. The first kappa shape index (κ1) is 14.5. The highest BCUT2D eigenvalue weighted by molar-refractivity contribution is 5.50. The molecule has 0 saturated carbocycles. The highest BCUT2D eigenvalue weighted by Crippen LogP contribution is 2.30. The van der Waals surface area contributed by atoms with Crippen molar-refractivity contribution in [3.8, 4) is 0 Å². The number of rotatable bonds is 4. The van der Waals surface area contributed by atoms with Crippen LogP contribution in [0.4, 0.5) is 14.5 Å². The number of hydrogen-bond acceptors (Lipinski definition) is 2. The minimum atomic E-state index is -1.23. The van der Waals surface area contributed by atoms with Crippen LogP contribution >= 0.6 is 0 Å². The Hall–Kier alpha value is -1.94. The molecule has 0 aliphatic rings. The highest BCUT2D eigenvalue weighted by Gasteiger charge is 2.32. The molecule has 2 nitrogen and oxygen atoms in total. The number of aryl methyl sites for hydroxylation is 1. The molecular weight excluding hydrogens is 260 g/mol. The van der Waals surface area contributed by atoms with Crippen molar-refractivity contribution in [2.24, 2.45) is 0 Å². The van der Waals surface area contributed by atoms with Crippen LogP contribution in [0.25, 0.3) is 0 Å². The molecule has 0 heterocycles. The summed E-state index contributed by atoms with van der Waals surface area (Å²) in [4.78, 5) is 0. The average molecular weight is 277 g/mol. The normalized spacial score (nSPS) is 13.8. The van der Waals surface area contributed by atoms with Gasteiger partial charge in [-0.2, -0.15) is 0 Å². The van der Waals surface area contributed by atoms with E-state index in [-0.39, 0.29) is 5.56 Å². The molecule has 2 aromatic rings. The summed E-state index contributed by atoms with van der Waals surface area (Å²) in [6.07, 6.45) is 0. The largest absolute Gasteiger partial charge is 0.394 e. The van der Waals surface area contributed by atoms with Crippen molar-refractivity contribution in [2.45, 2.75) is 19.4 Å². The molecule has 0 bridgehead atoms. The molecule has 0 radical (unpaired) electrons. The Morgan fingerprint density at radius 2 is 1.70 bits per heavy atom. The Bertz CT molecular complexity index is 595. The van der Waals surface area contributed by atoms with E-state index in [1.807, 2.05) is 25.1 Å². The SMILES string of the molecule is Cc1cccc(NC(C)(CO)c2c(F)cccc2F)c1. The quantitative estimate of drug-likeness (QED) is 0.895. The Balaban J connectivity index is 2.44. The van der Waals surface area contributed by atoms with Crippen LogP contribution < -0.4 is 5.32 Å². The summed E-state index contributed by atoms with van der Waals surface area (Å²) in [5.74, 6) is -1.36. The lowest BCUT2D eigenvalue weighted by Crippen LogP contribution is -2.37. The Kier molecular flexibility index (Phi) is 4.04. The molecule has 1 atom stereocenters. The molecule has 4 heteroatoms. The lowest BCUT2D eigenvalue weighted by Gasteiger charge is -2.31. The van der Waals surface area contributed by atoms with Crippen LogP contribution in [0.2, 0.25) is 0 Å². The van der Waals surface area contributed by atoms with Gasteiger partial charge in [0.1, 0.15) is 11.6 Å². The fourth-order valence-corrected chi connectivity index (χ4v) is 2.25. The van der Waals surface area contributed by atoms with Crippen molar-refractivity contribution < 1.29 is 13.9 Å². The van der Waals surface area contributed by atoms with Crippen LogP contribution in [-0.4, -0.2) is 11.7 Å². The summed E-state index contributed by atoms with van der Waals surface area (Å²) in [5.41, 5.74) is 0.320. The molecule has 20 heavy (non-hydrogen) atoms. The second-order valence-corrected chi connectivity index (χ2v) is 5.08. The summed E-state index contributed by atoms with van der Waals surface area (Å²) in [7, 11) is 0.